The minimum Gasteiger partial charge on any atom is -0.384 e. The van der Waals surface area contributed by atoms with Crippen LogP contribution in [-0.4, -0.2) is 18.1 Å². The van der Waals surface area contributed by atoms with E-state index in [2.05, 4.69) is 4.74 Å². The van der Waals surface area contributed by atoms with Gasteiger partial charge < -0.3 is 10.5 Å². The van der Waals surface area contributed by atoms with Gasteiger partial charge in [0.1, 0.15) is 5.84 Å². The van der Waals surface area contributed by atoms with Crippen molar-refractivity contribution < 1.29 is 17.9 Å². The topological polar surface area (TPSA) is 59.1 Å². The van der Waals surface area contributed by atoms with Crippen molar-refractivity contribution in [3.05, 3.63) is 34.3 Å². The average molecular weight is 281 g/mol. The van der Waals surface area contributed by atoms with Crippen LogP contribution in [0.2, 0.25) is 5.02 Å². The van der Waals surface area contributed by atoms with Gasteiger partial charge in [-0.1, -0.05) is 23.7 Å². The Morgan fingerprint density at radius 3 is 2.56 bits per heavy atom. The molecule has 7 heteroatoms. The van der Waals surface area contributed by atoms with Gasteiger partial charge in [0.05, 0.1) is 6.61 Å². The Morgan fingerprint density at radius 1 is 1.50 bits per heavy atom. The number of halogens is 4. The fraction of sp³-hybridized carbons (Fsp3) is 0.364. The Hall–Kier alpha value is -1.27. The second kappa shape index (κ2) is 5.58. The van der Waals surface area contributed by atoms with E-state index in [9.17, 15) is 13.2 Å². The van der Waals surface area contributed by atoms with E-state index < -0.39 is 12.3 Å². The zero-order valence-electron chi connectivity index (χ0n) is 9.51. The maximum atomic E-state index is 12.2. The van der Waals surface area contributed by atoms with Crippen molar-refractivity contribution in [2.75, 3.05) is 0 Å². The molecule has 1 atom stereocenters. The number of amidine groups is 1. The third kappa shape index (κ3) is 3.89. The molecule has 0 saturated heterocycles. The summed E-state index contributed by atoms with van der Waals surface area (Å²) in [6, 6.07) is 4.41. The van der Waals surface area contributed by atoms with E-state index in [4.69, 9.17) is 22.7 Å². The third-order valence-corrected chi connectivity index (χ3v) is 2.67. The van der Waals surface area contributed by atoms with Gasteiger partial charge in [0.15, 0.2) is 6.10 Å². The molecular weight excluding hydrogens is 269 g/mol. The first-order valence-corrected chi connectivity index (χ1v) is 5.40. The van der Waals surface area contributed by atoms with E-state index in [-0.39, 0.29) is 17.5 Å². The molecule has 100 valence electrons. The zero-order valence-corrected chi connectivity index (χ0v) is 10.3. The number of hydrogen-bond donors (Lipinski definition) is 2. The van der Waals surface area contributed by atoms with Crippen LogP contribution in [-0.2, 0) is 11.3 Å². The van der Waals surface area contributed by atoms with Gasteiger partial charge in [-0.25, -0.2) is 0 Å². The number of rotatable bonds is 4. The van der Waals surface area contributed by atoms with Gasteiger partial charge in [-0.3, -0.25) is 5.41 Å². The molecule has 1 unspecified atom stereocenters. The molecular formula is C11H12ClF3N2O. The Balaban J connectivity index is 2.72. The molecule has 0 amide bonds. The van der Waals surface area contributed by atoms with Crippen molar-refractivity contribution in [2.45, 2.75) is 25.8 Å². The molecule has 1 aromatic rings. The number of nitrogens with two attached hydrogens (primary N) is 1. The summed E-state index contributed by atoms with van der Waals surface area (Å²) in [7, 11) is 0. The van der Waals surface area contributed by atoms with Crippen LogP contribution in [0.25, 0.3) is 0 Å². The molecule has 0 saturated carbocycles. The smallest absolute Gasteiger partial charge is 0.384 e. The van der Waals surface area contributed by atoms with Crippen LogP contribution in [0.1, 0.15) is 18.1 Å². The molecule has 0 fully saturated rings. The number of hydrogen-bond acceptors (Lipinski definition) is 2. The number of ether oxygens (including phenoxy) is 1. The summed E-state index contributed by atoms with van der Waals surface area (Å²) in [5.41, 5.74) is 6.08. The summed E-state index contributed by atoms with van der Waals surface area (Å²) < 4.78 is 41.3. The van der Waals surface area contributed by atoms with Crippen LogP contribution in [0.15, 0.2) is 18.2 Å². The fourth-order valence-corrected chi connectivity index (χ4v) is 1.38. The van der Waals surface area contributed by atoms with Crippen LogP contribution < -0.4 is 5.73 Å². The highest BCUT2D eigenvalue weighted by Crippen LogP contribution is 2.25. The van der Waals surface area contributed by atoms with Crippen molar-refractivity contribution in [3.8, 4) is 0 Å². The summed E-state index contributed by atoms with van der Waals surface area (Å²) in [6.45, 7) is 0.676. The first-order valence-electron chi connectivity index (χ1n) is 5.03. The molecule has 3 N–H and O–H groups in total. The lowest BCUT2D eigenvalue weighted by Crippen LogP contribution is -2.28. The quantitative estimate of drug-likeness (QED) is 0.658. The summed E-state index contributed by atoms with van der Waals surface area (Å²) in [5, 5.41) is 7.41. The molecule has 0 aromatic heterocycles. The summed E-state index contributed by atoms with van der Waals surface area (Å²) in [6.07, 6.45) is -6.26. The largest absolute Gasteiger partial charge is 0.414 e. The lowest BCUT2D eigenvalue weighted by Gasteiger charge is -2.16. The van der Waals surface area contributed by atoms with Crippen molar-refractivity contribution in [1.82, 2.24) is 0 Å². The van der Waals surface area contributed by atoms with Crippen LogP contribution >= 0.6 is 11.6 Å². The highest BCUT2D eigenvalue weighted by Gasteiger charge is 2.36. The molecule has 0 aliphatic carbocycles. The maximum Gasteiger partial charge on any atom is 0.414 e. The standard InChI is InChI=1S/C11H12ClF3N2O/c1-6(11(13,14)15)18-5-8-3-2-7(10(16)17)4-9(8)12/h2-4,6H,5H2,1H3,(H3,16,17). The van der Waals surface area contributed by atoms with E-state index in [1.54, 1.807) is 0 Å². The SMILES string of the molecule is CC(OCc1ccc(C(=N)N)cc1Cl)C(F)(F)F. The Kier molecular flexibility index (Phi) is 4.59. The van der Waals surface area contributed by atoms with Crippen LogP contribution in [0, 0.1) is 5.41 Å². The monoisotopic (exact) mass is 280 g/mol. The number of benzene rings is 1. The maximum absolute atomic E-state index is 12.2. The minimum absolute atomic E-state index is 0.159. The molecule has 3 nitrogen and oxygen atoms in total. The Morgan fingerprint density at radius 2 is 2.11 bits per heavy atom. The summed E-state index contributed by atoms with van der Waals surface area (Å²) >= 11 is 5.86. The van der Waals surface area contributed by atoms with Gasteiger partial charge in [0.2, 0.25) is 0 Å². The Labute approximate surface area is 107 Å². The highest BCUT2D eigenvalue weighted by molar-refractivity contribution is 6.31. The van der Waals surface area contributed by atoms with E-state index >= 15 is 0 Å². The molecule has 1 aromatic carbocycles. The minimum atomic E-state index is -4.40. The molecule has 0 radical (unpaired) electrons. The average Bonchev–Trinajstić information content (AvgIpc) is 2.25. The van der Waals surface area contributed by atoms with Gasteiger partial charge in [0, 0.05) is 10.6 Å². The van der Waals surface area contributed by atoms with Crippen LogP contribution in [0.3, 0.4) is 0 Å². The van der Waals surface area contributed by atoms with Gasteiger partial charge in [-0.05, 0) is 18.6 Å². The van der Waals surface area contributed by atoms with Crippen molar-refractivity contribution in [1.29, 1.82) is 5.41 Å². The molecule has 18 heavy (non-hydrogen) atoms. The lowest BCUT2D eigenvalue weighted by atomic mass is 10.1. The zero-order chi connectivity index (χ0) is 13.9. The first kappa shape index (κ1) is 14.8. The van der Waals surface area contributed by atoms with Gasteiger partial charge >= 0.3 is 6.18 Å². The molecule has 0 aliphatic rings. The number of nitrogen functional groups attached to an aromatic ring is 1. The van der Waals surface area contributed by atoms with Crippen molar-refractivity contribution >= 4 is 17.4 Å². The van der Waals surface area contributed by atoms with Crippen molar-refractivity contribution in [2.24, 2.45) is 5.73 Å². The fourth-order valence-electron chi connectivity index (χ4n) is 1.14. The number of alkyl halides is 3. The first-order chi connectivity index (χ1) is 8.21. The second-order valence-corrected chi connectivity index (χ2v) is 4.12. The number of nitrogens with one attached hydrogen (secondary N) is 1. The predicted molar refractivity (Wildman–Crippen MR) is 62.8 cm³/mol. The second-order valence-electron chi connectivity index (χ2n) is 3.71. The molecule has 0 bridgehead atoms. The van der Waals surface area contributed by atoms with Gasteiger partial charge in [0.25, 0.3) is 0 Å². The van der Waals surface area contributed by atoms with E-state index in [1.165, 1.54) is 18.2 Å². The van der Waals surface area contributed by atoms with Gasteiger partial charge in [-0.15, -0.1) is 0 Å². The molecule has 1 rings (SSSR count). The van der Waals surface area contributed by atoms with E-state index in [0.29, 0.717) is 11.1 Å². The normalized spacial score (nSPS) is 13.4. The van der Waals surface area contributed by atoms with Crippen LogP contribution in [0.5, 0.6) is 0 Å². The van der Waals surface area contributed by atoms with Gasteiger partial charge in [-0.2, -0.15) is 13.2 Å². The molecule has 0 heterocycles. The highest BCUT2D eigenvalue weighted by atomic mass is 35.5. The van der Waals surface area contributed by atoms with Crippen LogP contribution in [0.4, 0.5) is 13.2 Å². The van der Waals surface area contributed by atoms with E-state index in [1.807, 2.05) is 0 Å². The molecule has 0 spiro atoms. The van der Waals surface area contributed by atoms with E-state index in [0.717, 1.165) is 6.92 Å². The summed E-state index contributed by atoms with van der Waals surface area (Å²) in [5.74, 6) is -0.159. The Bertz CT molecular complexity index is 448. The lowest BCUT2D eigenvalue weighted by molar-refractivity contribution is -0.217. The third-order valence-electron chi connectivity index (χ3n) is 2.31. The molecule has 0 aliphatic heterocycles. The van der Waals surface area contributed by atoms with Crippen molar-refractivity contribution in [3.63, 3.8) is 0 Å². The predicted octanol–water partition coefficient (Wildman–Crippen LogP) is 3.09. The summed E-state index contributed by atoms with van der Waals surface area (Å²) in [4.78, 5) is 0.